The Morgan fingerprint density at radius 2 is 2.27 bits per heavy atom. The molecule has 1 aliphatic heterocycles. The van der Waals surface area contributed by atoms with E-state index in [0.29, 0.717) is 29.0 Å². The first-order chi connectivity index (χ1) is 7.22. The molecule has 1 N–H and O–H groups in total. The number of anilines is 1. The standard InChI is InChI=1S/C10H9NO4/c1-6(13)11-8-2-3-9-10(7(8)4-12)15-5-14-9/h2-4H,5H2,1H3,(H,11,13). The Balaban J connectivity index is 2.47. The third-order valence-electron chi connectivity index (χ3n) is 2.01. The van der Waals surface area contributed by atoms with Crippen LogP contribution < -0.4 is 14.8 Å². The topological polar surface area (TPSA) is 64.6 Å². The Labute approximate surface area is 86.0 Å². The molecule has 5 heteroatoms. The van der Waals surface area contributed by atoms with Gasteiger partial charge in [-0.1, -0.05) is 0 Å². The minimum atomic E-state index is -0.239. The summed E-state index contributed by atoms with van der Waals surface area (Å²) in [5.41, 5.74) is 0.738. The molecule has 0 aliphatic carbocycles. The summed E-state index contributed by atoms with van der Waals surface area (Å²) in [5, 5.41) is 2.55. The van der Waals surface area contributed by atoms with Gasteiger partial charge in [-0.25, -0.2) is 0 Å². The molecule has 1 aromatic carbocycles. The van der Waals surface area contributed by atoms with Gasteiger partial charge in [-0.3, -0.25) is 9.59 Å². The van der Waals surface area contributed by atoms with Gasteiger partial charge in [0.1, 0.15) is 0 Å². The average Bonchev–Trinajstić information content (AvgIpc) is 2.64. The zero-order chi connectivity index (χ0) is 10.8. The van der Waals surface area contributed by atoms with E-state index in [1.165, 1.54) is 6.92 Å². The summed E-state index contributed by atoms with van der Waals surface area (Å²) in [6, 6.07) is 3.26. The number of ether oxygens (including phenoxy) is 2. The lowest BCUT2D eigenvalue weighted by molar-refractivity contribution is -0.114. The molecule has 0 spiro atoms. The Bertz CT molecular complexity index is 428. The first-order valence-corrected chi connectivity index (χ1v) is 4.37. The van der Waals surface area contributed by atoms with Gasteiger partial charge in [-0.2, -0.15) is 0 Å². The Morgan fingerprint density at radius 3 is 2.93 bits per heavy atom. The molecule has 1 heterocycles. The fourth-order valence-electron chi connectivity index (χ4n) is 1.41. The van der Waals surface area contributed by atoms with Crippen LogP contribution in [0.25, 0.3) is 0 Å². The largest absolute Gasteiger partial charge is 0.454 e. The van der Waals surface area contributed by atoms with E-state index in [-0.39, 0.29) is 12.7 Å². The van der Waals surface area contributed by atoms with E-state index < -0.39 is 0 Å². The summed E-state index contributed by atoms with van der Waals surface area (Å²) in [7, 11) is 0. The van der Waals surface area contributed by atoms with Crippen molar-refractivity contribution in [2.24, 2.45) is 0 Å². The monoisotopic (exact) mass is 207 g/mol. The highest BCUT2D eigenvalue weighted by atomic mass is 16.7. The van der Waals surface area contributed by atoms with E-state index in [4.69, 9.17) is 9.47 Å². The minimum Gasteiger partial charge on any atom is -0.454 e. The minimum absolute atomic E-state index is 0.0969. The normalized spacial score (nSPS) is 12.3. The van der Waals surface area contributed by atoms with E-state index in [1.54, 1.807) is 12.1 Å². The molecular formula is C10H9NO4. The molecule has 0 radical (unpaired) electrons. The van der Waals surface area contributed by atoms with Crippen LogP contribution in [0.3, 0.4) is 0 Å². The molecule has 0 unspecified atom stereocenters. The molecule has 78 valence electrons. The number of rotatable bonds is 2. The van der Waals surface area contributed by atoms with Gasteiger partial charge in [-0.05, 0) is 12.1 Å². The number of nitrogens with one attached hydrogen (secondary N) is 1. The summed E-state index contributed by atoms with van der Waals surface area (Å²) in [6.45, 7) is 1.47. The van der Waals surface area contributed by atoms with E-state index in [0.717, 1.165) is 0 Å². The van der Waals surface area contributed by atoms with E-state index >= 15 is 0 Å². The maximum atomic E-state index is 10.9. The third-order valence-corrected chi connectivity index (χ3v) is 2.01. The van der Waals surface area contributed by atoms with Crippen molar-refractivity contribution in [3.05, 3.63) is 17.7 Å². The second-order valence-electron chi connectivity index (χ2n) is 3.06. The van der Waals surface area contributed by atoms with Gasteiger partial charge < -0.3 is 14.8 Å². The van der Waals surface area contributed by atoms with Gasteiger partial charge in [0.2, 0.25) is 12.7 Å². The number of hydrogen-bond acceptors (Lipinski definition) is 4. The summed E-state index contributed by atoms with van der Waals surface area (Å²) in [5.74, 6) is 0.666. The molecule has 15 heavy (non-hydrogen) atoms. The highest BCUT2D eigenvalue weighted by molar-refractivity contribution is 5.97. The number of fused-ring (bicyclic) bond motifs is 1. The lowest BCUT2D eigenvalue weighted by Crippen LogP contribution is -2.08. The molecule has 1 amide bonds. The summed E-state index contributed by atoms with van der Waals surface area (Å²) in [6.07, 6.45) is 0.638. The van der Waals surface area contributed by atoms with Crippen LogP contribution in [-0.2, 0) is 4.79 Å². The van der Waals surface area contributed by atoms with Crippen LogP contribution in [0.2, 0.25) is 0 Å². The van der Waals surface area contributed by atoms with Crippen LogP contribution >= 0.6 is 0 Å². The summed E-state index contributed by atoms with van der Waals surface area (Å²) >= 11 is 0. The van der Waals surface area contributed by atoms with E-state index in [9.17, 15) is 9.59 Å². The van der Waals surface area contributed by atoms with Crippen LogP contribution in [0.5, 0.6) is 11.5 Å². The van der Waals surface area contributed by atoms with Gasteiger partial charge in [0.05, 0.1) is 11.3 Å². The maximum absolute atomic E-state index is 10.9. The molecule has 0 aromatic heterocycles. The molecule has 1 aliphatic rings. The quantitative estimate of drug-likeness (QED) is 0.740. The highest BCUT2D eigenvalue weighted by Gasteiger charge is 2.20. The van der Waals surface area contributed by atoms with Crippen LogP contribution in [0.1, 0.15) is 17.3 Å². The molecular weight excluding hydrogens is 198 g/mol. The van der Waals surface area contributed by atoms with Crippen molar-refractivity contribution in [2.45, 2.75) is 6.92 Å². The molecule has 1 aromatic rings. The van der Waals surface area contributed by atoms with Gasteiger partial charge in [0, 0.05) is 6.92 Å². The van der Waals surface area contributed by atoms with Crippen LogP contribution in [-0.4, -0.2) is 19.0 Å². The molecule has 0 bridgehead atoms. The Kier molecular flexibility index (Phi) is 2.29. The van der Waals surface area contributed by atoms with Crippen LogP contribution in [0, 0.1) is 0 Å². The Morgan fingerprint density at radius 1 is 1.47 bits per heavy atom. The Hall–Kier alpha value is -2.04. The lowest BCUT2D eigenvalue weighted by Gasteiger charge is -2.07. The number of benzene rings is 1. The number of carbonyl (C=O) groups is 2. The summed E-state index contributed by atoms with van der Waals surface area (Å²) in [4.78, 5) is 21.8. The second-order valence-corrected chi connectivity index (χ2v) is 3.06. The zero-order valence-corrected chi connectivity index (χ0v) is 8.07. The van der Waals surface area contributed by atoms with Crippen molar-refractivity contribution < 1.29 is 19.1 Å². The van der Waals surface area contributed by atoms with Crippen LogP contribution in [0.15, 0.2) is 12.1 Å². The lowest BCUT2D eigenvalue weighted by atomic mass is 10.1. The van der Waals surface area contributed by atoms with Gasteiger partial charge in [-0.15, -0.1) is 0 Å². The predicted molar refractivity (Wildman–Crippen MR) is 52.3 cm³/mol. The van der Waals surface area contributed by atoms with Crippen molar-refractivity contribution in [2.75, 3.05) is 12.1 Å². The van der Waals surface area contributed by atoms with Crippen molar-refractivity contribution in [1.82, 2.24) is 0 Å². The smallest absolute Gasteiger partial charge is 0.231 e. The molecule has 0 saturated carbocycles. The fraction of sp³-hybridized carbons (Fsp3) is 0.200. The van der Waals surface area contributed by atoms with Gasteiger partial charge >= 0.3 is 0 Å². The summed E-state index contributed by atoms with van der Waals surface area (Å²) < 4.78 is 10.2. The van der Waals surface area contributed by atoms with E-state index in [2.05, 4.69) is 5.32 Å². The number of aldehydes is 1. The molecule has 2 rings (SSSR count). The number of amides is 1. The third kappa shape index (κ3) is 1.63. The number of carbonyl (C=O) groups excluding carboxylic acids is 2. The molecule has 5 nitrogen and oxygen atoms in total. The maximum Gasteiger partial charge on any atom is 0.231 e. The molecule has 0 atom stereocenters. The van der Waals surface area contributed by atoms with E-state index in [1.807, 2.05) is 0 Å². The van der Waals surface area contributed by atoms with Crippen molar-refractivity contribution in [3.8, 4) is 11.5 Å². The van der Waals surface area contributed by atoms with Crippen LogP contribution in [0.4, 0.5) is 5.69 Å². The highest BCUT2D eigenvalue weighted by Crippen LogP contribution is 2.38. The SMILES string of the molecule is CC(=O)Nc1ccc2c(c1C=O)OCO2. The predicted octanol–water partition coefficient (Wildman–Crippen LogP) is 1.19. The molecule has 0 saturated heterocycles. The first-order valence-electron chi connectivity index (χ1n) is 4.37. The van der Waals surface area contributed by atoms with Crippen molar-refractivity contribution in [1.29, 1.82) is 0 Å². The van der Waals surface area contributed by atoms with Gasteiger partial charge in [0.25, 0.3) is 0 Å². The molecule has 0 fully saturated rings. The van der Waals surface area contributed by atoms with Crippen molar-refractivity contribution in [3.63, 3.8) is 0 Å². The average molecular weight is 207 g/mol. The first kappa shape index (κ1) is 9.51. The fourth-order valence-corrected chi connectivity index (χ4v) is 1.41. The zero-order valence-electron chi connectivity index (χ0n) is 8.07. The van der Waals surface area contributed by atoms with Gasteiger partial charge in [0.15, 0.2) is 17.8 Å². The second kappa shape index (κ2) is 3.61. The van der Waals surface area contributed by atoms with Crippen molar-refractivity contribution >= 4 is 17.9 Å². The number of hydrogen-bond donors (Lipinski definition) is 1.